The summed E-state index contributed by atoms with van der Waals surface area (Å²) in [4.78, 5) is 24.1. The molecule has 1 heterocycles. The second-order valence-corrected chi connectivity index (χ2v) is 6.64. The molecule has 122 valence electrons. The predicted octanol–water partition coefficient (Wildman–Crippen LogP) is 4.22. The van der Waals surface area contributed by atoms with E-state index < -0.39 is 5.97 Å². The molecule has 0 saturated carbocycles. The van der Waals surface area contributed by atoms with Crippen LogP contribution in [0.25, 0.3) is 10.9 Å². The number of carbonyl (C=O) groups is 2. The molecule has 0 bridgehead atoms. The normalized spacial score (nSPS) is 10.9. The van der Waals surface area contributed by atoms with Crippen molar-refractivity contribution in [3.05, 3.63) is 63.2 Å². The van der Waals surface area contributed by atoms with Gasteiger partial charge in [-0.3, -0.25) is 4.79 Å². The van der Waals surface area contributed by atoms with Crippen molar-refractivity contribution in [3.63, 3.8) is 0 Å². The molecule has 7 heteroatoms. The Hall–Kier alpha value is -2.31. The molecule has 3 aromatic rings. The number of carboxylic acids is 1. The van der Waals surface area contributed by atoms with Gasteiger partial charge in [0.2, 0.25) is 0 Å². The van der Waals surface area contributed by atoms with Crippen LogP contribution in [0.5, 0.6) is 0 Å². The molecular formula is C17H12BrClN2O3. The summed E-state index contributed by atoms with van der Waals surface area (Å²) >= 11 is 9.24. The van der Waals surface area contributed by atoms with Crippen LogP contribution in [-0.4, -0.2) is 21.4 Å². The fraction of sp³-hybridized carbons (Fsp3) is 0.0588. The van der Waals surface area contributed by atoms with Gasteiger partial charge in [-0.25, -0.2) is 4.79 Å². The highest BCUT2D eigenvalue weighted by atomic mass is 79.9. The van der Waals surface area contributed by atoms with Crippen LogP contribution in [0.1, 0.15) is 20.7 Å². The third-order valence-electron chi connectivity index (χ3n) is 3.69. The van der Waals surface area contributed by atoms with Crippen LogP contribution in [0.15, 0.2) is 47.1 Å². The van der Waals surface area contributed by atoms with Gasteiger partial charge in [-0.15, -0.1) is 0 Å². The number of nitrogens with two attached hydrogens (primary N) is 1. The lowest BCUT2D eigenvalue weighted by molar-refractivity contribution is 0.0691. The van der Waals surface area contributed by atoms with Crippen LogP contribution in [0.4, 0.5) is 5.69 Å². The number of carboxylic acid groups (broad SMARTS) is 1. The first-order valence-electron chi connectivity index (χ1n) is 6.96. The van der Waals surface area contributed by atoms with E-state index in [1.54, 1.807) is 10.8 Å². The van der Waals surface area contributed by atoms with Crippen LogP contribution in [0, 0.1) is 0 Å². The SMILES string of the molecule is Nc1cc(Cl)cc(C(=O)O)c1C(=O)Cn1ccc2cc(Br)ccc21. The predicted molar refractivity (Wildman–Crippen MR) is 96.8 cm³/mol. The topological polar surface area (TPSA) is 85.3 Å². The average molecular weight is 408 g/mol. The van der Waals surface area contributed by atoms with Crippen molar-refractivity contribution in [1.29, 1.82) is 0 Å². The van der Waals surface area contributed by atoms with Gasteiger partial charge in [0.05, 0.1) is 17.7 Å². The molecule has 0 aliphatic carbocycles. The second-order valence-electron chi connectivity index (χ2n) is 5.29. The van der Waals surface area contributed by atoms with Crippen molar-refractivity contribution >= 4 is 55.9 Å². The first-order chi connectivity index (χ1) is 11.4. The van der Waals surface area contributed by atoms with E-state index in [2.05, 4.69) is 15.9 Å². The highest BCUT2D eigenvalue weighted by molar-refractivity contribution is 9.10. The first kappa shape index (κ1) is 16.5. The molecule has 24 heavy (non-hydrogen) atoms. The van der Waals surface area contributed by atoms with Crippen molar-refractivity contribution in [2.75, 3.05) is 5.73 Å². The number of rotatable bonds is 4. The number of fused-ring (bicyclic) bond motifs is 1. The molecule has 3 N–H and O–H groups in total. The van der Waals surface area contributed by atoms with Gasteiger partial charge < -0.3 is 15.4 Å². The molecule has 0 spiro atoms. The molecule has 3 rings (SSSR count). The first-order valence-corrected chi connectivity index (χ1v) is 8.14. The molecule has 2 aromatic carbocycles. The summed E-state index contributed by atoms with van der Waals surface area (Å²) in [6.07, 6.45) is 1.78. The highest BCUT2D eigenvalue weighted by Gasteiger charge is 2.21. The Morgan fingerprint density at radius 2 is 1.96 bits per heavy atom. The Balaban J connectivity index is 2.02. The average Bonchev–Trinajstić information content (AvgIpc) is 2.88. The highest BCUT2D eigenvalue weighted by Crippen LogP contribution is 2.26. The maximum atomic E-state index is 12.7. The molecule has 0 saturated heterocycles. The van der Waals surface area contributed by atoms with Crippen molar-refractivity contribution in [2.45, 2.75) is 6.54 Å². The number of benzene rings is 2. The number of hydrogen-bond acceptors (Lipinski definition) is 3. The number of hydrogen-bond donors (Lipinski definition) is 2. The number of nitrogen functional groups attached to an aromatic ring is 1. The summed E-state index contributed by atoms with van der Waals surface area (Å²) in [5.41, 5.74) is 6.56. The number of nitrogens with zero attached hydrogens (tertiary/aromatic N) is 1. The third-order valence-corrected chi connectivity index (χ3v) is 4.40. The lowest BCUT2D eigenvalue weighted by atomic mass is 10.0. The quantitative estimate of drug-likeness (QED) is 0.501. The minimum absolute atomic E-state index is 0.0166. The minimum atomic E-state index is -1.24. The summed E-state index contributed by atoms with van der Waals surface area (Å²) < 4.78 is 2.69. The smallest absolute Gasteiger partial charge is 0.336 e. The van der Waals surface area contributed by atoms with Crippen LogP contribution in [0.3, 0.4) is 0 Å². The Kier molecular flexibility index (Phi) is 4.34. The Labute approximate surface area is 150 Å². The molecule has 0 aliphatic heterocycles. The van der Waals surface area contributed by atoms with Crippen LogP contribution in [-0.2, 0) is 6.54 Å². The number of anilines is 1. The number of aromatic carboxylic acids is 1. The zero-order chi connectivity index (χ0) is 17.4. The summed E-state index contributed by atoms with van der Waals surface area (Å²) in [6, 6.07) is 10.2. The monoisotopic (exact) mass is 406 g/mol. The van der Waals surface area contributed by atoms with E-state index in [4.69, 9.17) is 17.3 Å². The number of ketones is 1. The van der Waals surface area contributed by atoms with Gasteiger partial charge in [0, 0.05) is 32.3 Å². The molecule has 0 atom stereocenters. The fourth-order valence-corrected chi connectivity index (χ4v) is 3.26. The van der Waals surface area contributed by atoms with Crippen LogP contribution < -0.4 is 5.73 Å². The molecule has 0 fully saturated rings. The molecule has 1 aromatic heterocycles. The lowest BCUT2D eigenvalue weighted by Gasteiger charge is -2.11. The Morgan fingerprint density at radius 1 is 1.21 bits per heavy atom. The van der Waals surface area contributed by atoms with Crippen molar-refractivity contribution in [2.24, 2.45) is 0 Å². The van der Waals surface area contributed by atoms with E-state index in [-0.39, 0.29) is 34.2 Å². The van der Waals surface area contributed by atoms with Crippen LogP contribution >= 0.6 is 27.5 Å². The van der Waals surface area contributed by atoms with Gasteiger partial charge in [0.25, 0.3) is 0 Å². The van der Waals surface area contributed by atoms with Crippen LogP contribution in [0.2, 0.25) is 5.02 Å². The van der Waals surface area contributed by atoms with E-state index in [0.717, 1.165) is 15.4 Å². The molecule has 0 aliphatic rings. The zero-order valence-corrected chi connectivity index (χ0v) is 14.6. The Morgan fingerprint density at radius 3 is 2.67 bits per heavy atom. The van der Waals surface area contributed by atoms with Gasteiger partial charge in [-0.1, -0.05) is 27.5 Å². The van der Waals surface area contributed by atoms with Crippen molar-refractivity contribution < 1.29 is 14.7 Å². The molecular weight excluding hydrogens is 396 g/mol. The van der Waals surface area contributed by atoms with E-state index in [9.17, 15) is 14.7 Å². The molecule has 0 radical (unpaired) electrons. The standard InChI is InChI=1S/C17H12BrClN2O3/c18-10-1-2-14-9(5-10)3-4-21(14)8-15(22)16-12(17(23)24)6-11(19)7-13(16)20/h1-7H,8,20H2,(H,23,24). The Bertz CT molecular complexity index is 981. The maximum Gasteiger partial charge on any atom is 0.336 e. The van der Waals surface area contributed by atoms with E-state index in [0.29, 0.717) is 0 Å². The van der Waals surface area contributed by atoms with Crippen molar-refractivity contribution in [3.8, 4) is 0 Å². The van der Waals surface area contributed by atoms with Gasteiger partial charge in [-0.2, -0.15) is 0 Å². The number of Topliss-reactive ketones (excluding diaryl/α,β-unsaturated/α-hetero) is 1. The lowest BCUT2D eigenvalue weighted by Crippen LogP contribution is -2.16. The zero-order valence-electron chi connectivity index (χ0n) is 12.3. The van der Waals surface area contributed by atoms with Crippen molar-refractivity contribution in [1.82, 2.24) is 4.57 Å². The van der Waals surface area contributed by atoms with Gasteiger partial charge in [0.15, 0.2) is 5.78 Å². The van der Waals surface area contributed by atoms with E-state index in [1.165, 1.54) is 12.1 Å². The summed E-state index contributed by atoms with van der Waals surface area (Å²) in [6.45, 7) is -0.0166. The van der Waals surface area contributed by atoms with Gasteiger partial charge in [-0.05, 0) is 36.4 Å². The minimum Gasteiger partial charge on any atom is -0.478 e. The van der Waals surface area contributed by atoms with E-state index >= 15 is 0 Å². The summed E-state index contributed by atoms with van der Waals surface area (Å²) in [7, 11) is 0. The second kappa shape index (κ2) is 6.30. The number of aromatic nitrogens is 1. The fourth-order valence-electron chi connectivity index (χ4n) is 2.65. The molecule has 0 unspecified atom stereocenters. The summed E-state index contributed by atoms with van der Waals surface area (Å²) in [5.74, 6) is -1.63. The van der Waals surface area contributed by atoms with Gasteiger partial charge >= 0.3 is 5.97 Å². The number of halogens is 2. The molecule has 0 amide bonds. The third kappa shape index (κ3) is 3.02. The maximum absolute atomic E-state index is 12.7. The molecule has 5 nitrogen and oxygen atoms in total. The van der Waals surface area contributed by atoms with E-state index in [1.807, 2.05) is 24.3 Å². The largest absolute Gasteiger partial charge is 0.478 e. The summed E-state index contributed by atoms with van der Waals surface area (Å²) in [5, 5.41) is 10.5. The van der Waals surface area contributed by atoms with Gasteiger partial charge in [0.1, 0.15) is 0 Å². The number of carbonyl (C=O) groups excluding carboxylic acids is 1.